The molecular formula is C22H34FeO2Si2. The summed E-state index contributed by atoms with van der Waals surface area (Å²) in [5.41, 5.74) is 0. The second-order valence-electron chi connectivity index (χ2n) is 15.6. The van der Waals surface area contributed by atoms with Crippen LogP contribution in [0.4, 0.5) is 0 Å². The van der Waals surface area contributed by atoms with Crippen LogP contribution in [0.25, 0.3) is 0 Å². The van der Waals surface area contributed by atoms with E-state index in [4.69, 9.17) is 8.85 Å². The van der Waals surface area contributed by atoms with E-state index in [1.807, 2.05) is 0 Å². The first-order valence-electron chi connectivity index (χ1n) is 11.1. The molecule has 0 aromatic heterocycles. The van der Waals surface area contributed by atoms with Crippen LogP contribution < -0.4 is 0 Å². The third-order valence-electron chi connectivity index (χ3n) is 17.3. The van der Waals surface area contributed by atoms with Crippen molar-refractivity contribution in [1.82, 2.24) is 0 Å². The Morgan fingerprint density at radius 1 is 0.704 bits per heavy atom. The monoisotopic (exact) mass is 442 g/mol. The molecular weight excluding hydrogens is 408 g/mol. The fourth-order valence-electron chi connectivity index (χ4n) is 19.9. The van der Waals surface area contributed by atoms with Crippen molar-refractivity contribution < 1.29 is 15.4 Å². The molecule has 10 rings (SSSR count). The zero-order chi connectivity index (χ0) is 18.9. The van der Waals surface area contributed by atoms with E-state index < -0.39 is 23.1 Å². The summed E-state index contributed by atoms with van der Waals surface area (Å²) in [5, 5.41) is 0. The molecule has 0 aromatic carbocycles. The van der Waals surface area contributed by atoms with E-state index in [2.05, 4.69) is 64.6 Å². The molecule has 10 aliphatic heterocycles. The Labute approximate surface area is 155 Å². The van der Waals surface area contributed by atoms with Gasteiger partial charge in [-0.3, -0.25) is 0 Å². The molecule has 10 aliphatic rings. The van der Waals surface area contributed by atoms with Gasteiger partial charge in [0, 0.05) is 0 Å². The van der Waals surface area contributed by atoms with Gasteiger partial charge in [0.1, 0.15) is 0 Å². The number of hydrogen-bond donors (Lipinski definition) is 0. The van der Waals surface area contributed by atoms with Crippen molar-refractivity contribution in [3.63, 3.8) is 0 Å². The first-order chi connectivity index (χ1) is 12.3. The molecule has 5 heteroatoms. The van der Waals surface area contributed by atoms with Crippen LogP contribution in [-0.2, 0) is 15.4 Å². The average molecular weight is 443 g/mol. The van der Waals surface area contributed by atoms with Gasteiger partial charge in [0.2, 0.25) is 0 Å². The normalized spacial score (nSPS) is 85.7. The fourth-order valence-corrected chi connectivity index (χ4v) is 99.4. The molecule has 0 saturated carbocycles. The van der Waals surface area contributed by atoms with Crippen LogP contribution >= 0.6 is 0 Å². The molecule has 10 heterocycles. The van der Waals surface area contributed by atoms with E-state index in [1.54, 1.807) is 0 Å². The van der Waals surface area contributed by atoms with Crippen molar-refractivity contribution in [3.05, 3.63) is 25.3 Å². The number of fused-ring (bicyclic) bond motifs is 10. The fraction of sp³-hybridized carbons (Fsp3) is 0.818. The molecule has 10 fully saturated rings. The van der Waals surface area contributed by atoms with Crippen molar-refractivity contribution >= 4 is 16.6 Å². The molecule has 27 heavy (non-hydrogen) atoms. The van der Waals surface area contributed by atoms with Gasteiger partial charge in [0.25, 0.3) is 0 Å². The predicted molar refractivity (Wildman–Crippen MR) is 112 cm³/mol. The summed E-state index contributed by atoms with van der Waals surface area (Å²) in [7, 11) is -3.22. The van der Waals surface area contributed by atoms with E-state index in [0.717, 1.165) is 0 Å². The second kappa shape index (κ2) is 1.59. The summed E-state index contributed by atoms with van der Waals surface area (Å²) in [6, 6.07) is 0. The minimum atomic E-state index is -3.61. The summed E-state index contributed by atoms with van der Waals surface area (Å²) < 4.78 is 15.2. The Morgan fingerprint density at radius 3 is 1.22 bits per heavy atom. The molecule has 0 N–H and O–H groups in total. The molecule has 0 radical (unpaired) electrons. The third-order valence-corrected chi connectivity index (χ3v) is 62.6. The molecule has 6 atom stereocenters. The summed E-state index contributed by atoms with van der Waals surface area (Å²) in [6.07, 6.45) is 5.27. The van der Waals surface area contributed by atoms with Crippen LogP contribution in [0.3, 0.4) is 0 Å². The first kappa shape index (κ1) is 14.4. The van der Waals surface area contributed by atoms with Crippen molar-refractivity contribution in [3.8, 4) is 0 Å². The number of rotatable bonds is 8. The van der Waals surface area contributed by atoms with Crippen LogP contribution in [0.15, 0.2) is 25.3 Å². The number of hydrogen-bond acceptors (Lipinski definition) is 2. The van der Waals surface area contributed by atoms with Gasteiger partial charge in [-0.1, -0.05) is 0 Å². The Hall–Kier alpha value is 0.353. The van der Waals surface area contributed by atoms with Crippen LogP contribution in [0.2, 0.25) is 86.4 Å². The molecule has 6 unspecified atom stereocenters. The van der Waals surface area contributed by atoms with Gasteiger partial charge in [-0.25, -0.2) is 0 Å². The van der Waals surface area contributed by atoms with E-state index in [0.29, 0.717) is 20.8 Å². The quantitative estimate of drug-likeness (QED) is 0.300. The zero-order valence-electron chi connectivity index (χ0n) is 17.5. The van der Waals surface area contributed by atoms with E-state index in [-0.39, 0.29) is 0 Å². The maximum absolute atomic E-state index is 7.04. The van der Waals surface area contributed by atoms with Crippen molar-refractivity contribution in [1.29, 1.82) is 0 Å². The molecule has 150 valence electrons. The molecule has 0 aromatic rings. The topological polar surface area (TPSA) is 18.5 Å². The standard InChI is InChI=1S/C17H29O2Si2.C5H5.Fe/c1-9-16(18-20(3,4)5)14-12-11-13-15(14)17(10-2)19-21(6,7)8;1-2-4-5-3-1;/h9-13,16-17H,1-2H2,3-8H3;1-5H;. The van der Waals surface area contributed by atoms with Gasteiger partial charge in [-0.05, 0) is 0 Å². The van der Waals surface area contributed by atoms with Gasteiger partial charge >= 0.3 is 156 Å². The summed E-state index contributed by atoms with van der Waals surface area (Å²) in [5.74, 6) is 0. The van der Waals surface area contributed by atoms with E-state index in [1.165, 1.54) is 38.5 Å². The van der Waals surface area contributed by atoms with E-state index >= 15 is 0 Å². The maximum atomic E-state index is 7.04. The SMILES string of the molecule is C=CC(O[Si](C)(C)C)[C]12[CH]3[CH]4[CH]5[C]1(C(C=C)O[Si](C)(C)C)[Fe]43521678[CH]2[CH]1[CH]6[CH]7[CH]28. The van der Waals surface area contributed by atoms with Gasteiger partial charge in [-0.15, -0.1) is 0 Å². The Bertz CT molecular complexity index is 1200. The van der Waals surface area contributed by atoms with Crippen LogP contribution in [-0.4, -0.2) is 28.8 Å². The van der Waals surface area contributed by atoms with Crippen molar-refractivity contribution in [2.75, 3.05) is 0 Å². The molecule has 10 saturated heterocycles. The second-order valence-corrected chi connectivity index (χ2v) is 47.9. The molecule has 0 aliphatic carbocycles. The molecule has 2 nitrogen and oxygen atoms in total. The van der Waals surface area contributed by atoms with Gasteiger partial charge in [-0.2, -0.15) is 0 Å². The summed E-state index contributed by atoms with van der Waals surface area (Å²) in [4.78, 5) is 9.80. The first-order valence-corrected chi connectivity index (χ1v) is 24.1. The third kappa shape index (κ3) is 0.243. The Balaban J connectivity index is 1.30. The summed E-state index contributed by atoms with van der Waals surface area (Å²) in [6.45, 7) is 19.4. The Morgan fingerprint density at radius 2 is 1.04 bits per heavy atom. The van der Waals surface area contributed by atoms with Gasteiger partial charge in [0.15, 0.2) is 0 Å². The molecule has 0 amide bonds. The Kier molecular flexibility index (Phi) is 0.844. The van der Waals surface area contributed by atoms with E-state index in [9.17, 15) is 0 Å². The van der Waals surface area contributed by atoms with Gasteiger partial charge < -0.3 is 0 Å². The molecule has 0 bridgehead atoms. The van der Waals surface area contributed by atoms with Crippen LogP contribution in [0, 0.1) is 0 Å². The predicted octanol–water partition coefficient (Wildman–Crippen LogP) is 6.93. The van der Waals surface area contributed by atoms with Crippen LogP contribution in [0.1, 0.15) is 0 Å². The van der Waals surface area contributed by atoms with Crippen molar-refractivity contribution in [2.45, 2.75) is 98.6 Å². The van der Waals surface area contributed by atoms with Gasteiger partial charge in [0.05, 0.1) is 0 Å². The summed E-state index contributed by atoms with van der Waals surface area (Å²) >= 11 is 0. The average Bonchev–Trinajstić information content (AvgIpc) is 3.49. The molecule has 1 spiro atoms. The van der Waals surface area contributed by atoms with Crippen molar-refractivity contribution in [2.24, 2.45) is 0 Å². The zero-order valence-corrected chi connectivity index (χ0v) is 20.6. The van der Waals surface area contributed by atoms with Crippen LogP contribution in [0.5, 0.6) is 0 Å². The minimum absolute atomic E-state index is 0.348.